The Hall–Kier alpha value is -1.91. The minimum Gasteiger partial charge on any atom is -0.495 e. The van der Waals surface area contributed by atoms with Crippen LogP contribution in [0.2, 0.25) is 0 Å². The lowest BCUT2D eigenvalue weighted by molar-refractivity contribution is 0.387. The molecule has 0 aliphatic heterocycles. The number of rotatable bonds is 7. The van der Waals surface area contributed by atoms with E-state index >= 15 is 0 Å². The van der Waals surface area contributed by atoms with Gasteiger partial charge in [0.15, 0.2) is 0 Å². The van der Waals surface area contributed by atoms with Gasteiger partial charge in [0.1, 0.15) is 16.4 Å². The Labute approximate surface area is 125 Å². The largest absolute Gasteiger partial charge is 0.495 e. The molecule has 1 unspecified atom stereocenters. The molecule has 7 heteroatoms. The summed E-state index contributed by atoms with van der Waals surface area (Å²) in [5.74, 6) is 2.95. The van der Waals surface area contributed by atoms with Crippen molar-refractivity contribution < 1.29 is 17.9 Å². The lowest BCUT2D eigenvalue weighted by atomic mass is 10.2. The Kier molecular flexibility index (Phi) is 5.88. The Bertz CT molecular complexity index is 635. The summed E-state index contributed by atoms with van der Waals surface area (Å²) in [6.45, 7) is 1.85. The highest BCUT2D eigenvalue weighted by Crippen LogP contribution is 2.33. The molecule has 0 fully saturated rings. The highest BCUT2D eigenvalue weighted by atomic mass is 32.2. The number of methoxy groups -OCH3 is 2. The molecule has 0 radical (unpaired) electrons. The van der Waals surface area contributed by atoms with Crippen LogP contribution < -0.4 is 19.9 Å². The molecule has 0 spiro atoms. The van der Waals surface area contributed by atoms with E-state index in [0.717, 1.165) is 0 Å². The van der Waals surface area contributed by atoms with Gasteiger partial charge in [0.05, 0.1) is 19.9 Å². The Morgan fingerprint density at radius 1 is 1.33 bits per heavy atom. The van der Waals surface area contributed by atoms with Crippen LogP contribution in [0, 0.1) is 12.3 Å². The van der Waals surface area contributed by atoms with Crippen molar-refractivity contribution in [2.24, 2.45) is 0 Å². The molecule has 0 bridgehead atoms. The van der Waals surface area contributed by atoms with Crippen LogP contribution in [0.1, 0.15) is 19.8 Å². The maximum atomic E-state index is 12.5. The van der Waals surface area contributed by atoms with Crippen LogP contribution in [0.4, 0.5) is 5.69 Å². The van der Waals surface area contributed by atoms with Crippen LogP contribution in [-0.4, -0.2) is 28.7 Å². The fraction of sp³-hybridized carbons (Fsp3) is 0.429. The quantitative estimate of drug-likeness (QED) is 0.586. The molecule has 116 valence electrons. The van der Waals surface area contributed by atoms with Gasteiger partial charge in [-0.05, 0) is 12.5 Å². The van der Waals surface area contributed by atoms with Gasteiger partial charge in [0.25, 0.3) is 0 Å². The van der Waals surface area contributed by atoms with E-state index in [0.29, 0.717) is 18.6 Å². The van der Waals surface area contributed by atoms with Crippen molar-refractivity contribution in [3.05, 3.63) is 12.1 Å². The van der Waals surface area contributed by atoms with E-state index in [1.54, 1.807) is 0 Å². The van der Waals surface area contributed by atoms with E-state index in [-0.39, 0.29) is 22.4 Å². The first-order chi connectivity index (χ1) is 9.89. The summed E-state index contributed by atoms with van der Waals surface area (Å²) < 4.78 is 37.6. The number of nitrogen functional groups attached to an aromatic ring is 1. The molecular weight excluding hydrogens is 292 g/mol. The molecule has 6 nitrogen and oxygen atoms in total. The van der Waals surface area contributed by atoms with Gasteiger partial charge in [-0.15, -0.1) is 12.3 Å². The van der Waals surface area contributed by atoms with Gasteiger partial charge in [-0.25, -0.2) is 13.1 Å². The predicted octanol–water partition coefficient (Wildman–Crippen LogP) is 1.37. The summed E-state index contributed by atoms with van der Waals surface area (Å²) >= 11 is 0. The second-order valence-corrected chi connectivity index (χ2v) is 6.06. The second kappa shape index (κ2) is 7.20. The maximum Gasteiger partial charge on any atom is 0.244 e. The number of hydrogen-bond acceptors (Lipinski definition) is 5. The zero-order valence-corrected chi connectivity index (χ0v) is 13.2. The molecule has 0 aromatic heterocycles. The first kappa shape index (κ1) is 17.1. The van der Waals surface area contributed by atoms with Gasteiger partial charge in [-0.2, -0.15) is 0 Å². The van der Waals surface area contributed by atoms with Crippen LogP contribution in [0.3, 0.4) is 0 Å². The first-order valence-electron chi connectivity index (χ1n) is 6.36. The van der Waals surface area contributed by atoms with E-state index < -0.39 is 10.0 Å². The Morgan fingerprint density at radius 3 is 2.43 bits per heavy atom. The van der Waals surface area contributed by atoms with Crippen molar-refractivity contribution >= 4 is 15.7 Å². The molecule has 0 amide bonds. The number of hydrogen-bond donors (Lipinski definition) is 2. The molecule has 0 aliphatic rings. The fourth-order valence-corrected chi connectivity index (χ4v) is 3.30. The summed E-state index contributed by atoms with van der Waals surface area (Å²) in [4.78, 5) is -0.0428. The number of ether oxygens (including phenoxy) is 2. The Balaban J connectivity index is 3.25. The van der Waals surface area contributed by atoms with Gasteiger partial charge in [0, 0.05) is 18.5 Å². The zero-order valence-electron chi connectivity index (χ0n) is 12.3. The molecule has 0 saturated heterocycles. The number of sulfonamides is 1. The van der Waals surface area contributed by atoms with Crippen molar-refractivity contribution in [2.75, 3.05) is 20.0 Å². The SMILES string of the molecule is C#CCC(CC)NS(=O)(=O)c1cc(N)c(OC)cc1OC. The van der Waals surface area contributed by atoms with Crippen molar-refractivity contribution in [1.82, 2.24) is 4.72 Å². The third-order valence-electron chi connectivity index (χ3n) is 2.98. The number of anilines is 1. The molecule has 0 heterocycles. The van der Waals surface area contributed by atoms with Gasteiger partial charge < -0.3 is 15.2 Å². The van der Waals surface area contributed by atoms with Crippen LogP contribution in [-0.2, 0) is 10.0 Å². The molecule has 0 aliphatic carbocycles. The van der Waals surface area contributed by atoms with Gasteiger partial charge in [-0.3, -0.25) is 0 Å². The summed E-state index contributed by atoms with van der Waals surface area (Å²) in [6.07, 6.45) is 6.12. The second-order valence-electron chi connectivity index (χ2n) is 4.38. The normalized spacial score (nSPS) is 12.5. The molecule has 1 aromatic rings. The van der Waals surface area contributed by atoms with E-state index in [1.165, 1.54) is 26.4 Å². The van der Waals surface area contributed by atoms with Gasteiger partial charge >= 0.3 is 0 Å². The monoisotopic (exact) mass is 312 g/mol. The van der Waals surface area contributed by atoms with E-state index in [1.807, 2.05) is 6.92 Å². The lowest BCUT2D eigenvalue weighted by Crippen LogP contribution is -2.34. The minimum atomic E-state index is -3.79. The number of benzene rings is 1. The fourth-order valence-electron chi connectivity index (χ4n) is 1.80. The van der Waals surface area contributed by atoms with Crippen molar-refractivity contribution in [2.45, 2.75) is 30.7 Å². The molecule has 1 rings (SSSR count). The van der Waals surface area contributed by atoms with Gasteiger partial charge in [-0.1, -0.05) is 6.92 Å². The molecule has 0 saturated carbocycles. The molecule has 1 aromatic carbocycles. The summed E-state index contributed by atoms with van der Waals surface area (Å²) in [7, 11) is -0.970. The number of terminal acetylenes is 1. The average Bonchev–Trinajstić information content (AvgIpc) is 2.46. The van der Waals surface area contributed by atoms with Crippen molar-refractivity contribution in [3.8, 4) is 23.8 Å². The smallest absolute Gasteiger partial charge is 0.244 e. The topological polar surface area (TPSA) is 90.7 Å². The highest BCUT2D eigenvalue weighted by Gasteiger charge is 2.24. The van der Waals surface area contributed by atoms with Crippen LogP contribution >= 0.6 is 0 Å². The minimum absolute atomic E-state index is 0.0428. The van der Waals surface area contributed by atoms with E-state index in [2.05, 4.69) is 10.6 Å². The molecular formula is C14H20N2O4S. The van der Waals surface area contributed by atoms with Crippen LogP contribution in [0.5, 0.6) is 11.5 Å². The first-order valence-corrected chi connectivity index (χ1v) is 7.85. The summed E-state index contributed by atoms with van der Waals surface area (Å²) in [6, 6.07) is 2.40. The van der Waals surface area contributed by atoms with Crippen LogP contribution in [0.25, 0.3) is 0 Å². The highest BCUT2D eigenvalue weighted by molar-refractivity contribution is 7.89. The molecule has 1 atom stereocenters. The average molecular weight is 312 g/mol. The third kappa shape index (κ3) is 4.03. The maximum absolute atomic E-state index is 12.5. The van der Waals surface area contributed by atoms with Crippen LogP contribution in [0.15, 0.2) is 17.0 Å². The standard InChI is InChI=1S/C14H20N2O4S/c1-5-7-10(6-2)16-21(17,18)14-8-11(15)12(19-3)9-13(14)20-4/h1,8-10,16H,6-7,15H2,2-4H3. The summed E-state index contributed by atoms with van der Waals surface area (Å²) in [5, 5.41) is 0. The third-order valence-corrected chi connectivity index (χ3v) is 4.53. The van der Waals surface area contributed by atoms with Crippen molar-refractivity contribution in [3.63, 3.8) is 0 Å². The summed E-state index contributed by atoms with van der Waals surface area (Å²) in [5.41, 5.74) is 5.98. The molecule has 21 heavy (non-hydrogen) atoms. The number of nitrogens with one attached hydrogen (secondary N) is 1. The molecule has 3 N–H and O–H groups in total. The van der Waals surface area contributed by atoms with E-state index in [4.69, 9.17) is 21.6 Å². The lowest BCUT2D eigenvalue weighted by Gasteiger charge is -2.17. The number of nitrogens with two attached hydrogens (primary N) is 1. The predicted molar refractivity (Wildman–Crippen MR) is 81.8 cm³/mol. The Morgan fingerprint density at radius 2 is 1.95 bits per heavy atom. The van der Waals surface area contributed by atoms with Gasteiger partial charge in [0.2, 0.25) is 10.0 Å². The van der Waals surface area contributed by atoms with Crippen molar-refractivity contribution in [1.29, 1.82) is 0 Å². The van der Waals surface area contributed by atoms with E-state index in [9.17, 15) is 8.42 Å². The zero-order chi connectivity index (χ0) is 16.0.